The molecule has 3 N–H and O–H groups in total. The van der Waals surface area contributed by atoms with Gasteiger partial charge in [-0.15, -0.1) is 11.3 Å². The van der Waals surface area contributed by atoms with E-state index in [1.165, 1.54) is 36.3 Å². The van der Waals surface area contributed by atoms with E-state index in [4.69, 9.17) is 16.5 Å². The van der Waals surface area contributed by atoms with Crippen LogP contribution in [0.3, 0.4) is 0 Å². The standard InChI is InChI=1S/C19H16ClFNO3PS/c1-26(24,25)18(15-11-27-17-7-6-13(20)10-14(15)17)19(23)22-9-8-12-4-2-3-5-16(12)21/h2-11,18H,1H3,(H,22,23)(H,24,25)/p+1/b9-8+. The van der Waals surface area contributed by atoms with Crippen LogP contribution in [0.25, 0.3) is 16.2 Å². The van der Waals surface area contributed by atoms with Crippen LogP contribution in [-0.4, -0.2) is 17.5 Å². The largest absolute Gasteiger partial charge is 0.412 e. The Balaban J connectivity index is 1.91. The van der Waals surface area contributed by atoms with Crippen LogP contribution in [-0.2, 0) is 9.36 Å². The van der Waals surface area contributed by atoms with Crippen LogP contribution in [0.2, 0.25) is 5.02 Å². The van der Waals surface area contributed by atoms with Crippen molar-refractivity contribution < 1.29 is 18.6 Å². The molecule has 0 aliphatic heterocycles. The summed E-state index contributed by atoms with van der Waals surface area (Å²) in [5.41, 5.74) is -0.321. The highest BCUT2D eigenvalue weighted by Gasteiger charge is 2.40. The first-order valence-electron chi connectivity index (χ1n) is 7.98. The van der Waals surface area contributed by atoms with Crippen molar-refractivity contribution in [1.82, 2.24) is 5.32 Å². The molecule has 0 aliphatic rings. The quantitative estimate of drug-likeness (QED) is 0.454. The number of hydrogen-bond donors (Lipinski definition) is 1. The summed E-state index contributed by atoms with van der Waals surface area (Å²) < 4.78 is 27.1. The SMILES string of the molecule is CP(=O)([OH2+])C(C(=O)N/C=C/c1ccccc1F)c1csc2ccc(Cl)cc12. The van der Waals surface area contributed by atoms with E-state index < -0.39 is 24.8 Å². The monoisotopic (exact) mass is 424 g/mol. The number of rotatable bonds is 5. The fourth-order valence-corrected chi connectivity index (χ4v) is 5.27. The third-order valence-electron chi connectivity index (χ3n) is 3.99. The lowest BCUT2D eigenvalue weighted by Crippen LogP contribution is -2.25. The van der Waals surface area contributed by atoms with Gasteiger partial charge in [0, 0.05) is 21.5 Å². The maximum absolute atomic E-state index is 13.6. The fraction of sp³-hybridized carbons (Fsp3) is 0.105. The molecule has 2 atom stereocenters. The first-order chi connectivity index (χ1) is 12.8. The first-order valence-corrected chi connectivity index (χ1v) is 11.5. The molecule has 2 aromatic carbocycles. The van der Waals surface area contributed by atoms with Gasteiger partial charge in [0.2, 0.25) is 5.91 Å². The minimum Gasteiger partial charge on any atom is -0.412 e. The molecule has 3 rings (SSSR count). The molecular weight excluding hydrogens is 408 g/mol. The molecule has 3 aromatic rings. The lowest BCUT2D eigenvalue weighted by molar-refractivity contribution is -0.120. The summed E-state index contributed by atoms with van der Waals surface area (Å²) in [5.74, 6) is -0.997. The zero-order valence-corrected chi connectivity index (χ0v) is 16.7. The lowest BCUT2D eigenvalue weighted by atomic mass is 10.1. The third kappa shape index (κ3) is 4.47. The Bertz CT molecular complexity index is 1080. The Morgan fingerprint density at radius 2 is 2.07 bits per heavy atom. The molecule has 1 heterocycles. The molecule has 0 aliphatic carbocycles. The van der Waals surface area contributed by atoms with Gasteiger partial charge in [-0.3, -0.25) is 4.79 Å². The second-order valence-corrected chi connectivity index (χ2v) is 9.93. The summed E-state index contributed by atoms with van der Waals surface area (Å²) >= 11 is 7.45. The first kappa shape index (κ1) is 19.8. The van der Waals surface area contributed by atoms with Crippen LogP contribution < -0.4 is 5.32 Å². The second-order valence-electron chi connectivity index (χ2n) is 6.09. The molecule has 1 aromatic heterocycles. The van der Waals surface area contributed by atoms with Gasteiger partial charge in [0.1, 0.15) is 5.82 Å². The minimum absolute atomic E-state index is 0.313. The molecule has 0 bridgehead atoms. The number of hydrogen-bond acceptors (Lipinski definition) is 3. The number of nitrogens with one attached hydrogen (secondary N) is 1. The van der Waals surface area contributed by atoms with Gasteiger partial charge >= 0.3 is 7.37 Å². The van der Waals surface area contributed by atoms with Crippen LogP contribution >= 0.6 is 30.3 Å². The summed E-state index contributed by atoms with van der Waals surface area (Å²) in [6.45, 7) is 1.26. The van der Waals surface area contributed by atoms with Crippen molar-refractivity contribution in [3.05, 3.63) is 76.0 Å². The lowest BCUT2D eigenvalue weighted by Gasteiger charge is -2.15. The number of fused-ring (bicyclic) bond motifs is 1. The smallest absolute Gasteiger partial charge is 0.344 e. The predicted octanol–water partition coefficient (Wildman–Crippen LogP) is 5.15. The number of thiophene rings is 1. The van der Waals surface area contributed by atoms with Crippen LogP contribution in [0.15, 0.2) is 54.0 Å². The van der Waals surface area contributed by atoms with Crippen molar-refractivity contribution in [2.24, 2.45) is 0 Å². The van der Waals surface area contributed by atoms with Gasteiger partial charge in [-0.05, 0) is 46.7 Å². The molecule has 0 saturated heterocycles. The molecular formula is C19H17ClFNO3PS+. The van der Waals surface area contributed by atoms with Gasteiger partial charge < -0.3 is 10.2 Å². The van der Waals surface area contributed by atoms with Crippen LogP contribution in [0.5, 0.6) is 0 Å². The highest BCUT2D eigenvalue weighted by atomic mass is 35.5. The van der Waals surface area contributed by atoms with Crippen molar-refractivity contribution in [2.75, 3.05) is 6.66 Å². The molecule has 0 fully saturated rings. The third-order valence-corrected chi connectivity index (χ3v) is 6.71. The molecule has 140 valence electrons. The highest BCUT2D eigenvalue weighted by Crippen LogP contribution is 2.54. The van der Waals surface area contributed by atoms with Gasteiger partial charge in [-0.25, -0.2) is 8.96 Å². The molecule has 0 radical (unpaired) electrons. The zero-order valence-electron chi connectivity index (χ0n) is 14.3. The topological polar surface area (TPSA) is 69.1 Å². The summed E-state index contributed by atoms with van der Waals surface area (Å²) in [5, 5.41) is 5.46. The second kappa shape index (κ2) is 7.95. The Morgan fingerprint density at radius 3 is 2.78 bits per heavy atom. The maximum atomic E-state index is 13.6. The molecule has 0 saturated carbocycles. The van der Waals surface area contributed by atoms with Crippen molar-refractivity contribution in [2.45, 2.75) is 5.66 Å². The molecule has 2 unspecified atom stereocenters. The number of carbonyl (C=O) groups excluding carboxylic acids is 1. The van der Waals surface area contributed by atoms with Crippen LogP contribution in [0.4, 0.5) is 4.39 Å². The van der Waals surface area contributed by atoms with E-state index >= 15 is 0 Å². The fourth-order valence-electron chi connectivity index (χ4n) is 2.77. The Hall–Kier alpha value is -1.98. The summed E-state index contributed by atoms with van der Waals surface area (Å²) in [7, 11) is -3.57. The number of amides is 1. The summed E-state index contributed by atoms with van der Waals surface area (Å²) in [4.78, 5) is 20.8. The molecule has 0 spiro atoms. The van der Waals surface area contributed by atoms with E-state index in [0.29, 0.717) is 21.5 Å². The van der Waals surface area contributed by atoms with Gasteiger partial charge in [0.25, 0.3) is 0 Å². The average molecular weight is 425 g/mol. The predicted molar refractivity (Wildman–Crippen MR) is 110 cm³/mol. The van der Waals surface area contributed by atoms with Crippen molar-refractivity contribution in [3.8, 4) is 0 Å². The average Bonchev–Trinajstić information content (AvgIpc) is 2.98. The summed E-state index contributed by atoms with van der Waals surface area (Å²) in [6.07, 6.45) is 2.71. The molecule has 1 amide bonds. The Kier molecular flexibility index (Phi) is 5.82. The Morgan fingerprint density at radius 1 is 1.33 bits per heavy atom. The van der Waals surface area contributed by atoms with Gasteiger partial charge in [-0.1, -0.05) is 29.8 Å². The summed E-state index contributed by atoms with van der Waals surface area (Å²) in [6, 6.07) is 11.4. The van der Waals surface area contributed by atoms with Gasteiger partial charge in [0.15, 0.2) is 5.66 Å². The Labute approximate surface area is 164 Å². The van der Waals surface area contributed by atoms with Crippen molar-refractivity contribution in [1.29, 1.82) is 0 Å². The van der Waals surface area contributed by atoms with E-state index in [1.54, 1.807) is 35.7 Å². The maximum Gasteiger partial charge on any atom is 0.344 e. The van der Waals surface area contributed by atoms with E-state index in [1.807, 2.05) is 6.07 Å². The molecule has 27 heavy (non-hydrogen) atoms. The van der Waals surface area contributed by atoms with E-state index in [-0.39, 0.29) is 0 Å². The van der Waals surface area contributed by atoms with E-state index in [9.17, 15) is 13.8 Å². The van der Waals surface area contributed by atoms with Crippen molar-refractivity contribution in [3.63, 3.8) is 0 Å². The highest BCUT2D eigenvalue weighted by molar-refractivity contribution is 7.58. The van der Waals surface area contributed by atoms with Crippen molar-refractivity contribution >= 4 is 52.4 Å². The molecule has 8 heteroatoms. The van der Waals surface area contributed by atoms with Crippen LogP contribution in [0, 0.1) is 5.82 Å². The van der Waals surface area contributed by atoms with E-state index in [2.05, 4.69) is 5.32 Å². The minimum atomic E-state index is -3.57. The number of carbonyl (C=O) groups is 1. The number of benzene rings is 2. The zero-order chi connectivity index (χ0) is 19.6. The van der Waals surface area contributed by atoms with Gasteiger partial charge in [-0.2, -0.15) is 0 Å². The van der Waals surface area contributed by atoms with Gasteiger partial charge in [0.05, 0.1) is 6.66 Å². The van der Waals surface area contributed by atoms with Crippen LogP contribution in [0.1, 0.15) is 16.8 Å². The normalized spacial score (nSPS) is 15.0. The number of halogens is 2. The molecule has 4 nitrogen and oxygen atoms in total. The van der Waals surface area contributed by atoms with E-state index in [0.717, 1.165) is 4.70 Å².